The van der Waals surface area contributed by atoms with Crippen molar-refractivity contribution in [3.63, 3.8) is 0 Å². The number of nitrogens with two attached hydrogens (primary N) is 1. The third-order valence-corrected chi connectivity index (χ3v) is 2.33. The smallest absolute Gasteiger partial charge is 0.124 e. The maximum absolute atomic E-state index is 13.2. The van der Waals surface area contributed by atoms with Crippen LogP contribution in [0.2, 0.25) is 0 Å². The summed E-state index contributed by atoms with van der Waals surface area (Å²) in [5.41, 5.74) is 6.76. The van der Waals surface area contributed by atoms with Crippen molar-refractivity contribution < 1.29 is 9.13 Å². The minimum atomic E-state index is -0.266. The highest BCUT2D eigenvalue weighted by molar-refractivity contribution is 5.36. The summed E-state index contributed by atoms with van der Waals surface area (Å²) < 4.78 is 18.8. The highest BCUT2D eigenvalue weighted by Crippen LogP contribution is 2.28. The van der Waals surface area contributed by atoms with Crippen LogP contribution in [0.1, 0.15) is 45.2 Å². The maximum Gasteiger partial charge on any atom is 0.124 e. The Morgan fingerprint density at radius 2 is 2.06 bits per heavy atom. The van der Waals surface area contributed by atoms with Crippen LogP contribution in [0.5, 0.6) is 5.75 Å². The number of rotatable bonds is 5. The lowest BCUT2D eigenvalue weighted by Crippen LogP contribution is -2.14. The molecular formula is C13H20FNO. The molecule has 0 saturated carbocycles. The predicted molar refractivity (Wildman–Crippen MR) is 64.0 cm³/mol. The first-order valence-corrected chi connectivity index (χ1v) is 5.76. The van der Waals surface area contributed by atoms with Gasteiger partial charge in [-0.15, -0.1) is 0 Å². The Balaban J connectivity index is 2.97. The van der Waals surface area contributed by atoms with E-state index in [1.165, 1.54) is 12.1 Å². The summed E-state index contributed by atoms with van der Waals surface area (Å²) in [6, 6.07) is 4.37. The highest BCUT2D eigenvalue weighted by atomic mass is 19.1. The molecule has 3 heteroatoms. The molecule has 1 rings (SSSR count). The van der Waals surface area contributed by atoms with Gasteiger partial charge < -0.3 is 10.5 Å². The number of hydrogen-bond acceptors (Lipinski definition) is 2. The molecular weight excluding hydrogens is 205 g/mol. The van der Waals surface area contributed by atoms with E-state index in [0.717, 1.165) is 18.4 Å². The van der Waals surface area contributed by atoms with E-state index in [0.29, 0.717) is 5.75 Å². The van der Waals surface area contributed by atoms with Gasteiger partial charge in [-0.1, -0.05) is 13.3 Å². The first-order chi connectivity index (χ1) is 7.54. The zero-order chi connectivity index (χ0) is 12.1. The molecule has 0 spiro atoms. The SMILES string of the molecule is CCCC(N)c1cc(F)ccc1OC(C)C. The van der Waals surface area contributed by atoms with E-state index in [4.69, 9.17) is 10.5 Å². The van der Waals surface area contributed by atoms with Crippen LogP contribution in [0.25, 0.3) is 0 Å². The van der Waals surface area contributed by atoms with Crippen LogP contribution < -0.4 is 10.5 Å². The highest BCUT2D eigenvalue weighted by Gasteiger charge is 2.13. The van der Waals surface area contributed by atoms with Crippen molar-refractivity contribution in [3.05, 3.63) is 29.6 Å². The lowest BCUT2D eigenvalue weighted by Gasteiger charge is -2.18. The second-order valence-corrected chi connectivity index (χ2v) is 4.24. The molecule has 0 aliphatic rings. The Morgan fingerprint density at radius 1 is 1.38 bits per heavy atom. The molecule has 0 saturated heterocycles. The largest absolute Gasteiger partial charge is 0.491 e. The fraction of sp³-hybridized carbons (Fsp3) is 0.538. The van der Waals surface area contributed by atoms with E-state index in [-0.39, 0.29) is 18.0 Å². The van der Waals surface area contributed by atoms with Gasteiger partial charge in [0, 0.05) is 11.6 Å². The molecule has 1 atom stereocenters. The number of ether oxygens (including phenoxy) is 1. The van der Waals surface area contributed by atoms with E-state index in [2.05, 4.69) is 6.92 Å². The second kappa shape index (κ2) is 5.85. The summed E-state index contributed by atoms with van der Waals surface area (Å²) in [5, 5.41) is 0. The molecule has 2 N–H and O–H groups in total. The number of halogens is 1. The van der Waals surface area contributed by atoms with Crippen LogP contribution in [0, 0.1) is 5.82 Å². The molecule has 0 bridgehead atoms. The Kier molecular flexibility index (Phi) is 4.74. The Morgan fingerprint density at radius 3 is 2.62 bits per heavy atom. The van der Waals surface area contributed by atoms with Gasteiger partial charge in [-0.3, -0.25) is 0 Å². The monoisotopic (exact) mass is 225 g/mol. The minimum Gasteiger partial charge on any atom is -0.491 e. The Labute approximate surface area is 96.6 Å². The Hall–Kier alpha value is -1.09. The van der Waals surface area contributed by atoms with Gasteiger partial charge in [0.15, 0.2) is 0 Å². The lowest BCUT2D eigenvalue weighted by atomic mass is 10.0. The Bertz CT molecular complexity index is 339. The average molecular weight is 225 g/mol. The standard InChI is InChI=1S/C13H20FNO/c1-4-5-12(15)11-8-10(14)6-7-13(11)16-9(2)3/h6-9,12H,4-5,15H2,1-3H3. The number of benzene rings is 1. The van der Waals surface area contributed by atoms with Crippen LogP contribution in [-0.2, 0) is 0 Å². The van der Waals surface area contributed by atoms with Crippen LogP contribution >= 0.6 is 0 Å². The van der Waals surface area contributed by atoms with E-state index in [1.807, 2.05) is 13.8 Å². The van der Waals surface area contributed by atoms with Crippen LogP contribution in [-0.4, -0.2) is 6.10 Å². The topological polar surface area (TPSA) is 35.2 Å². The van der Waals surface area contributed by atoms with Crippen molar-refractivity contribution >= 4 is 0 Å². The van der Waals surface area contributed by atoms with Crippen molar-refractivity contribution in [1.82, 2.24) is 0 Å². The third-order valence-electron chi connectivity index (χ3n) is 2.33. The maximum atomic E-state index is 13.2. The molecule has 0 amide bonds. The van der Waals surface area contributed by atoms with Crippen molar-refractivity contribution in [2.45, 2.75) is 45.8 Å². The summed E-state index contributed by atoms with van der Waals surface area (Å²) >= 11 is 0. The van der Waals surface area contributed by atoms with Gasteiger partial charge in [0.1, 0.15) is 11.6 Å². The molecule has 0 aromatic heterocycles. The minimum absolute atomic E-state index is 0.0676. The van der Waals surface area contributed by atoms with Gasteiger partial charge in [-0.2, -0.15) is 0 Å². The van der Waals surface area contributed by atoms with E-state index in [9.17, 15) is 4.39 Å². The van der Waals surface area contributed by atoms with Gasteiger partial charge >= 0.3 is 0 Å². The quantitative estimate of drug-likeness (QED) is 0.833. The molecule has 0 radical (unpaired) electrons. The summed E-state index contributed by atoms with van der Waals surface area (Å²) in [4.78, 5) is 0. The molecule has 0 aliphatic heterocycles. The molecule has 1 unspecified atom stereocenters. The summed E-state index contributed by atoms with van der Waals surface area (Å²) in [7, 11) is 0. The van der Waals surface area contributed by atoms with Gasteiger partial charge in [0.05, 0.1) is 6.10 Å². The molecule has 16 heavy (non-hydrogen) atoms. The van der Waals surface area contributed by atoms with E-state index >= 15 is 0 Å². The normalized spacial score (nSPS) is 12.9. The third kappa shape index (κ3) is 3.49. The fourth-order valence-electron chi connectivity index (χ4n) is 1.64. The van der Waals surface area contributed by atoms with Crippen LogP contribution in [0.15, 0.2) is 18.2 Å². The first-order valence-electron chi connectivity index (χ1n) is 5.76. The van der Waals surface area contributed by atoms with Gasteiger partial charge in [-0.25, -0.2) is 4.39 Å². The van der Waals surface area contributed by atoms with Gasteiger partial charge in [0.2, 0.25) is 0 Å². The first kappa shape index (κ1) is 13.0. The second-order valence-electron chi connectivity index (χ2n) is 4.24. The zero-order valence-electron chi connectivity index (χ0n) is 10.2. The van der Waals surface area contributed by atoms with E-state index < -0.39 is 0 Å². The molecule has 90 valence electrons. The summed E-state index contributed by atoms with van der Waals surface area (Å²) in [6.45, 7) is 5.94. The number of hydrogen-bond donors (Lipinski definition) is 1. The fourth-order valence-corrected chi connectivity index (χ4v) is 1.64. The van der Waals surface area contributed by atoms with Crippen molar-refractivity contribution in [2.24, 2.45) is 5.73 Å². The molecule has 2 nitrogen and oxygen atoms in total. The van der Waals surface area contributed by atoms with Crippen LogP contribution in [0.4, 0.5) is 4.39 Å². The predicted octanol–water partition coefficient (Wildman–Crippen LogP) is 3.41. The molecule has 0 heterocycles. The molecule has 0 aliphatic carbocycles. The summed E-state index contributed by atoms with van der Waals surface area (Å²) in [6.07, 6.45) is 1.87. The van der Waals surface area contributed by atoms with E-state index in [1.54, 1.807) is 6.07 Å². The molecule has 1 aromatic carbocycles. The van der Waals surface area contributed by atoms with Crippen molar-refractivity contribution in [2.75, 3.05) is 0 Å². The molecule has 1 aromatic rings. The summed E-state index contributed by atoms with van der Waals surface area (Å²) in [5.74, 6) is 0.426. The van der Waals surface area contributed by atoms with Crippen molar-refractivity contribution in [3.8, 4) is 5.75 Å². The zero-order valence-corrected chi connectivity index (χ0v) is 10.2. The van der Waals surface area contributed by atoms with Crippen molar-refractivity contribution in [1.29, 1.82) is 0 Å². The van der Waals surface area contributed by atoms with Crippen LogP contribution in [0.3, 0.4) is 0 Å². The van der Waals surface area contributed by atoms with Gasteiger partial charge in [-0.05, 0) is 38.5 Å². The lowest BCUT2D eigenvalue weighted by molar-refractivity contribution is 0.238. The molecule has 0 fully saturated rings. The van der Waals surface area contributed by atoms with Gasteiger partial charge in [0.25, 0.3) is 0 Å². The average Bonchev–Trinajstić information content (AvgIpc) is 2.20.